The van der Waals surface area contributed by atoms with E-state index in [0.717, 1.165) is 17.9 Å². The van der Waals surface area contributed by atoms with Gasteiger partial charge in [0.2, 0.25) is 0 Å². The van der Waals surface area contributed by atoms with Gasteiger partial charge in [0.15, 0.2) is 0 Å². The molecular weight excluding hydrogens is 250 g/mol. The van der Waals surface area contributed by atoms with E-state index < -0.39 is 6.10 Å². The molecule has 0 saturated carbocycles. The quantitative estimate of drug-likeness (QED) is 0.897. The van der Waals surface area contributed by atoms with Crippen LogP contribution >= 0.6 is 0 Å². The van der Waals surface area contributed by atoms with Crippen LogP contribution in [0, 0.1) is 0 Å². The van der Waals surface area contributed by atoms with Gasteiger partial charge in [-0.3, -0.25) is 4.98 Å². The summed E-state index contributed by atoms with van der Waals surface area (Å²) in [5.41, 5.74) is 1.91. The predicted molar refractivity (Wildman–Crippen MR) is 83.0 cm³/mol. The molecule has 1 N–H and O–H groups in total. The second-order valence-electron chi connectivity index (χ2n) is 5.64. The summed E-state index contributed by atoms with van der Waals surface area (Å²) in [6.45, 7) is 7.72. The van der Waals surface area contributed by atoms with Crippen molar-refractivity contribution in [2.24, 2.45) is 0 Å². The molecule has 0 bridgehead atoms. The molecule has 0 radical (unpaired) electrons. The Hall–Kier alpha value is -1.13. The van der Waals surface area contributed by atoms with Crippen molar-refractivity contribution in [3.05, 3.63) is 24.0 Å². The molecule has 2 heterocycles. The Morgan fingerprint density at radius 2 is 2.05 bits per heavy atom. The number of piperidine rings is 1. The van der Waals surface area contributed by atoms with Gasteiger partial charge in [0.25, 0.3) is 0 Å². The van der Waals surface area contributed by atoms with Gasteiger partial charge in [-0.2, -0.15) is 0 Å². The number of aromatic nitrogens is 1. The second kappa shape index (κ2) is 7.04. The van der Waals surface area contributed by atoms with E-state index in [0.29, 0.717) is 12.5 Å². The molecule has 1 aliphatic rings. The van der Waals surface area contributed by atoms with Crippen molar-refractivity contribution in [3.8, 4) is 0 Å². The fourth-order valence-corrected chi connectivity index (χ4v) is 2.85. The molecule has 0 unspecified atom stereocenters. The highest BCUT2D eigenvalue weighted by Crippen LogP contribution is 2.23. The van der Waals surface area contributed by atoms with Crippen LogP contribution in [0.5, 0.6) is 0 Å². The third-order valence-corrected chi connectivity index (χ3v) is 4.46. The number of aliphatic hydroxyl groups is 1. The van der Waals surface area contributed by atoms with Crippen molar-refractivity contribution >= 4 is 5.69 Å². The number of hydrogen-bond donors (Lipinski definition) is 1. The summed E-state index contributed by atoms with van der Waals surface area (Å²) in [6, 6.07) is 4.62. The van der Waals surface area contributed by atoms with Crippen LogP contribution in [-0.2, 0) is 0 Å². The van der Waals surface area contributed by atoms with Crippen LogP contribution in [0.4, 0.5) is 5.69 Å². The van der Waals surface area contributed by atoms with E-state index in [2.05, 4.69) is 34.8 Å². The third-order valence-electron chi connectivity index (χ3n) is 4.46. The summed E-state index contributed by atoms with van der Waals surface area (Å²) in [4.78, 5) is 9.23. The average molecular weight is 277 g/mol. The molecule has 1 atom stereocenters. The van der Waals surface area contributed by atoms with Crippen LogP contribution in [0.3, 0.4) is 0 Å². The van der Waals surface area contributed by atoms with Crippen molar-refractivity contribution in [2.75, 3.05) is 31.6 Å². The molecule has 0 amide bonds. The topological polar surface area (TPSA) is 39.6 Å². The van der Waals surface area contributed by atoms with Crippen molar-refractivity contribution < 1.29 is 5.11 Å². The van der Waals surface area contributed by atoms with Gasteiger partial charge in [-0.15, -0.1) is 0 Å². The number of pyridine rings is 1. The summed E-state index contributed by atoms with van der Waals surface area (Å²) in [7, 11) is 2.15. The fourth-order valence-electron chi connectivity index (χ4n) is 2.85. The minimum Gasteiger partial charge on any atom is -0.387 e. The highest BCUT2D eigenvalue weighted by atomic mass is 16.3. The number of likely N-dealkylation sites (tertiary alicyclic amines) is 1. The lowest BCUT2D eigenvalue weighted by Gasteiger charge is -2.37. The van der Waals surface area contributed by atoms with Gasteiger partial charge in [0.1, 0.15) is 0 Å². The first-order valence-corrected chi connectivity index (χ1v) is 7.74. The Morgan fingerprint density at radius 3 is 2.55 bits per heavy atom. The summed E-state index contributed by atoms with van der Waals surface area (Å²) >= 11 is 0. The molecule has 1 aromatic rings. The molecule has 1 saturated heterocycles. The highest BCUT2D eigenvalue weighted by Gasteiger charge is 2.22. The number of nitrogens with zero attached hydrogens (tertiary/aromatic N) is 3. The number of aliphatic hydroxyl groups excluding tert-OH is 1. The minimum atomic E-state index is -0.442. The van der Waals surface area contributed by atoms with Crippen LogP contribution in [0.1, 0.15) is 44.9 Å². The van der Waals surface area contributed by atoms with Gasteiger partial charge in [-0.1, -0.05) is 13.8 Å². The monoisotopic (exact) mass is 277 g/mol. The Morgan fingerprint density at radius 1 is 1.35 bits per heavy atom. The maximum absolute atomic E-state index is 9.78. The SMILES string of the molecule is CC[C@H](O)c1ccc(N(C)C2CCN(CC)CC2)cn1. The first-order chi connectivity index (χ1) is 9.65. The van der Waals surface area contributed by atoms with E-state index >= 15 is 0 Å². The van der Waals surface area contributed by atoms with E-state index in [1.54, 1.807) is 0 Å². The molecule has 1 aliphatic heterocycles. The Kier molecular flexibility index (Phi) is 5.38. The molecule has 112 valence electrons. The first kappa shape index (κ1) is 15.3. The van der Waals surface area contributed by atoms with Crippen molar-refractivity contribution in [1.82, 2.24) is 9.88 Å². The van der Waals surface area contributed by atoms with Crippen LogP contribution in [0.25, 0.3) is 0 Å². The first-order valence-electron chi connectivity index (χ1n) is 7.74. The molecule has 2 rings (SSSR count). The zero-order valence-electron chi connectivity index (χ0n) is 12.9. The smallest absolute Gasteiger partial charge is 0.0957 e. The lowest BCUT2D eigenvalue weighted by molar-refractivity contribution is 0.169. The summed E-state index contributed by atoms with van der Waals surface area (Å²) < 4.78 is 0. The van der Waals surface area contributed by atoms with Gasteiger partial charge in [-0.25, -0.2) is 0 Å². The average Bonchev–Trinajstić information content (AvgIpc) is 2.53. The van der Waals surface area contributed by atoms with Crippen molar-refractivity contribution in [3.63, 3.8) is 0 Å². The molecular formula is C16H27N3O. The number of hydrogen-bond acceptors (Lipinski definition) is 4. The van der Waals surface area contributed by atoms with E-state index in [1.807, 2.05) is 19.2 Å². The lowest BCUT2D eigenvalue weighted by atomic mass is 10.0. The molecule has 4 heteroatoms. The Balaban J connectivity index is 1.97. The fraction of sp³-hybridized carbons (Fsp3) is 0.688. The molecule has 0 aliphatic carbocycles. The molecule has 1 aromatic heterocycles. The van der Waals surface area contributed by atoms with E-state index in [9.17, 15) is 5.11 Å². The summed E-state index contributed by atoms with van der Waals surface area (Å²) in [6.07, 6.45) is 4.58. The normalized spacial score (nSPS) is 19.0. The van der Waals surface area contributed by atoms with Gasteiger partial charge in [0, 0.05) is 26.2 Å². The van der Waals surface area contributed by atoms with Gasteiger partial charge < -0.3 is 14.9 Å². The van der Waals surface area contributed by atoms with Gasteiger partial charge in [-0.05, 0) is 37.9 Å². The molecule has 1 fully saturated rings. The zero-order valence-corrected chi connectivity index (χ0v) is 12.9. The molecule has 0 spiro atoms. The standard InChI is InChI=1S/C16H27N3O/c1-4-16(20)15-7-6-14(12-17-15)18(3)13-8-10-19(5-2)11-9-13/h6-7,12-13,16,20H,4-5,8-11H2,1-3H3/t16-/m0/s1. The largest absolute Gasteiger partial charge is 0.387 e. The van der Waals surface area contributed by atoms with E-state index in [-0.39, 0.29) is 0 Å². The molecule has 0 aromatic carbocycles. The third kappa shape index (κ3) is 3.49. The minimum absolute atomic E-state index is 0.442. The van der Waals surface area contributed by atoms with Crippen LogP contribution in [-0.4, -0.2) is 47.7 Å². The second-order valence-corrected chi connectivity index (χ2v) is 5.64. The lowest BCUT2D eigenvalue weighted by Crippen LogP contribution is -2.43. The summed E-state index contributed by atoms with van der Waals surface area (Å²) in [5.74, 6) is 0. The maximum atomic E-state index is 9.78. The van der Waals surface area contributed by atoms with E-state index in [4.69, 9.17) is 0 Å². The Bertz CT molecular complexity index is 399. The highest BCUT2D eigenvalue weighted by molar-refractivity contribution is 5.45. The Labute approximate surface area is 122 Å². The number of anilines is 1. The number of rotatable bonds is 5. The van der Waals surface area contributed by atoms with Crippen molar-refractivity contribution in [2.45, 2.75) is 45.3 Å². The van der Waals surface area contributed by atoms with E-state index in [1.165, 1.54) is 25.9 Å². The van der Waals surface area contributed by atoms with Gasteiger partial charge >= 0.3 is 0 Å². The molecule has 20 heavy (non-hydrogen) atoms. The molecule has 4 nitrogen and oxygen atoms in total. The van der Waals surface area contributed by atoms with Crippen molar-refractivity contribution in [1.29, 1.82) is 0 Å². The predicted octanol–water partition coefficient (Wildman–Crippen LogP) is 2.45. The maximum Gasteiger partial charge on any atom is 0.0957 e. The summed E-state index contributed by atoms with van der Waals surface area (Å²) in [5, 5.41) is 9.78. The van der Waals surface area contributed by atoms with Crippen LogP contribution < -0.4 is 4.90 Å². The zero-order chi connectivity index (χ0) is 14.5. The van der Waals surface area contributed by atoms with Gasteiger partial charge in [0.05, 0.1) is 23.7 Å². The van der Waals surface area contributed by atoms with Crippen LogP contribution in [0.15, 0.2) is 18.3 Å². The van der Waals surface area contributed by atoms with Crippen LogP contribution in [0.2, 0.25) is 0 Å².